The van der Waals surface area contributed by atoms with Crippen molar-refractivity contribution in [2.75, 3.05) is 6.54 Å². The molecule has 0 aromatic heterocycles. The van der Waals surface area contributed by atoms with E-state index >= 15 is 0 Å². The Hall–Kier alpha value is -1.19. The second kappa shape index (κ2) is 10.00. The number of nitrogens with zero attached hydrogens (tertiary/aromatic N) is 1. The van der Waals surface area contributed by atoms with E-state index in [1.807, 2.05) is 6.92 Å². The molecule has 0 saturated heterocycles. The molecule has 0 N–H and O–H groups in total. The van der Waals surface area contributed by atoms with Gasteiger partial charge in [0.2, 0.25) is 11.8 Å². The highest BCUT2D eigenvalue weighted by molar-refractivity contribution is 5.95. The maximum absolute atomic E-state index is 11.5. The molecule has 0 aliphatic carbocycles. The van der Waals surface area contributed by atoms with Gasteiger partial charge >= 0.3 is 0 Å². The summed E-state index contributed by atoms with van der Waals surface area (Å²) in [7, 11) is 0. The third kappa shape index (κ3) is 6.87. The maximum Gasteiger partial charge on any atom is 0.228 e. The summed E-state index contributed by atoms with van der Waals surface area (Å²) >= 11 is 0. The smallest absolute Gasteiger partial charge is 0.228 e. The topological polar surface area (TPSA) is 54.5 Å². The molecule has 2 amide bonds. The molecule has 0 saturated carbocycles. The molecule has 0 spiro atoms. The molecule has 0 bridgehead atoms. The third-order valence-electron chi connectivity index (χ3n) is 2.44. The van der Waals surface area contributed by atoms with Crippen LogP contribution in [0.15, 0.2) is 0 Å². The van der Waals surface area contributed by atoms with Gasteiger partial charge in [-0.15, -0.1) is 0 Å². The first-order chi connectivity index (χ1) is 7.56. The summed E-state index contributed by atoms with van der Waals surface area (Å²) in [6.07, 6.45) is 2.19. The lowest BCUT2D eigenvalue weighted by Crippen LogP contribution is -2.36. The molecule has 0 rings (SSSR count). The molecule has 0 heterocycles. The Morgan fingerprint density at radius 2 is 1.35 bits per heavy atom. The van der Waals surface area contributed by atoms with E-state index < -0.39 is 0 Å². The van der Waals surface area contributed by atoms with Crippen molar-refractivity contribution in [2.45, 2.75) is 60.3 Å². The summed E-state index contributed by atoms with van der Waals surface area (Å²) in [5.41, 5.74) is 0. The Kier molecular flexibility index (Phi) is 10.7. The van der Waals surface area contributed by atoms with E-state index in [1.165, 1.54) is 4.90 Å². The van der Waals surface area contributed by atoms with Crippen LogP contribution in [-0.2, 0) is 14.4 Å². The van der Waals surface area contributed by atoms with Crippen molar-refractivity contribution in [1.29, 1.82) is 0 Å². The van der Waals surface area contributed by atoms with E-state index in [0.29, 0.717) is 38.6 Å². The van der Waals surface area contributed by atoms with Crippen LogP contribution in [0, 0.1) is 0 Å². The fourth-order valence-corrected chi connectivity index (χ4v) is 1.38. The van der Waals surface area contributed by atoms with Crippen molar-refractivity contribution in [1.82, 2.24) is 4.90 Å². The minimum atomic E-state index is -0.157. The Labute approximate surface area is 104 Å². The Morgan fingerprint density at radius 1 is 0.882 bits per heavy atom. The van der Waals surface area contributed by atoms with Gasteiger partial charge in [-0.05, 0) is 6.42 Å². The number of imide groups is 1. The van der Waals surface area contributed by atoms with E-state index in [-0.39, 0.29) is 25.0 Å². The van der Waals surface area contributed by atoms with Crippen LogP contribution in [-0.4, -0.2) is 29.0 Å². The SMILES string of the molecule is C.CCC(=O)CCCN(C(=O)CC)C(=O)CC. The molecule has 17 heavy (non-hydrogen) atoms. The van der Waals surface area contributed by atoms with E-state index in [4.69, 9.17) is 0 Å². The lowest BCUT2D eigenvalue weighted by molar-refractivity contribution is -0.144. The lowest BCUT2D eigenvalue weighted by Gasteiger charge is -2.19. The maximum atomic E-state index is 11.5. The van der Waals surface area contributed by atoms with Gasteiger partial charge in [0.25, 0.3) is 0 Å². The van der Waals surface area contributed by atoms with Gasteiger partial charge in [-0.1, -0.05) is 28.2 Å². The summed E-state index contributed by atoms with van der Waals surface area (Å²) in [6, 6.07) is 0. The Bertz CT molecular complexity index is 245. The zero-order chi connectivity index (χ0) is 12.6. The average Bonchev–Trinajstić information content (AvgIpc) is 2.32. The van der Waals surface area contributed by atoms with Crippen LogP contribution in [0.4, 0.5) is 0 Å². The van der Waals surface area contributed by atoms with E-state index in [1.54, 1.807) is 13.8 Å². The summed E-state index contributed by atoms with van der Waals surface area (Å²) in [5.74, 6) is -0.139. The van der Waals surface area contributed by atoms with Crippen molar-refractivity contribution < 1.29 is 14.4 Å². The number of carbonyl (C=O) groups is 3. The van der Waals surface area contributed by atoms with Crippen LogP contribution in [0.5, 0.6) is 0 Å². The molecule has 0 fully saturated rings. The molecule has 0 radical (unpaired) electrons. The highest BCUT2D eigenvalue weighted by Crippen LogP contribution is 2.03. The quantitative estimate of drug-likeness (QED) is 0.690. The van der Waals surface area contributed by atoms with Crippen LogP contribution in [0.2, 0.25) is 0 Å². The monoisotopic (exact) mass is 243 g/mol. The molecule has 100 valence electrons. The third-order valence-corrected chi connectivity index (χ3v) is 2.44. The highest BCUT2D eigenvalue weighted by Gasteiger charge is 2.17. The van der Waals surface area contributed by atoms with E-state index in [9.17, 15) is 14.4 Å². The fraction of sp³-hybridized carbons (Fsp3) is 0.769. The number of hydrogen-bond donors (Lipinski definition) is 0. The van der Waals surface area contributed by atoms with Crippen molar-refractivity contribution >= 4 is 17.6 Å². The standard InChI is InChI=1S/C12H21NO3.CH4/c1-4-10(14)8-7-9-13(11(15)5-2)12(16)6-3;/h4-9H2,1-3H3;1H4. The van der Waals surface area contributed by atoms with Gasteiger partial charge < -0.3 is 0 Å². The minimum Gasteiger partial charge on any atom is -0.300 e. The van der Waals surface area contributed by atoms with E-state index in [2.05, 4.69) is 0 Å². The number of ketones is 1. The zero-order valence-electron chi connectivity index (χ0n) is 10.4. The van der Waals surface area contributed by atoms with Crippen LogP contribution in [0.3, 0.4) is 0 Å². The molecular weight excluding hydrogens is 218 g/mol. The first kappa shape index (κ1) is 18.2. The normalized spacial score (nSPS) is 9.35. The number of rotatable bonds is 7. The summed E-state index contributed by atoms with van der Waals surface area (Å²) in [6.45, 7) is 5.64. The van der Waals surface area contributed by atoms with Crippen molar-refractivity contribution in [3.63, 3.8) is 0 Å². The zero-order valence-corrected chi connectivity index (χ0v) is 10.4. The molecule has 0 aromatic carbocycles. The van der Waals surface area contributed by atoms with Gasteiger partial charge in [0.1, 0.15) is 5.78 Å². The highest BCUT2D eigenvalue weighted by atomic mass is 16.2. The summed E-state index contributed by atoms with van der Waals surface area (Å²) in [5, 5.41) is 0. The first-order valence-corrected chi connectivity index (χ1v) is 5.91. The van der Waals surface area contributed by atoms with Gasteiger partial charge in [-0.3, -0.25) is 19.3 Å². The molecule has 0 aromatic rings. The fourth-order valence-electron chi connectivity index (χ4n) is 1.38. The second-order valence-electron chi connectivity index (χ2n) is 3.64. The van der Waals surface area contributed by atoms with E-state index in [0.717, 1.165) is 0 Å². The average molecular weight is 243 g/mol. The van der Waals surface area contributed by atoms with Gasteiger partial charge in [0, 0.05) is 32.2 Å². The summed E-state index contributed by atoms with van der Waals surface area (Å²) in [4.78, 5) is 35.3. The molecule has 4 heteroatoms. The number of Topliss-reactive ketones (excluding diaryl/α,β-unsaturated/α-hetero) is 1. The largest absolute Gasteiger partial charge is 0.300 e. The molecule has 4 nitrogen and oxygen atoms in total. The van der Waals surface area contributed by atoms with Gasteiger partial charge in [-0.2, -0.15) is 0 Å². The van der Waals surface area contributed by atoms with Crippen LogP contribution >= 0.6 is 0 Å². The van der Waals surface area contributed by atoms with Crippen LogP contribution in [0.1, 0.15) is 60.3 Å². The predicted octanol–water partition coefficient (Wildman–Crippen LogP) is 2.56. The molecular formula is C13H25NO3. The summed E-state index contributed by atoms with van der Waals surface area (Å²) < 4.78 is 0. The van der Waals surface area contributed by atoms with Gasteiger partial charge in [0.15, 0.2) is 0 Å². The minimum absolute atomic E-state index is 0. The molecule has 0 unspecified atom stereocenters. The van der Waals surface area contributed by atoms with Crippen molar-refractivity contribution in [3.8, 4) is 0 Å². The van der Waals surface area contributed by atoms with Crippen LogP contribution < -0.4 is 0 Å². The molecule has 0 aliphatic rings. The Morgan fingerprint density at radius 3 is 1.71 bits per heavy atom. The van der Waals surface area contributed by atoms with Gasteiger partial charge in [-0.25, -0.2) is 0 Å². The predicted molar refractivity (Wildman–Crippen MR) is 68.6 cm³/mol. The number of amides is 2. The number of hydrogen-bond acceptors (Lipinski definition) is 3. The first-order valence-electron chi connectivity index (χ1n) is 5.91. The van der Waals surface area contributed by atoms with Crippen LogP contribution in [0.25, 0.3) is 0 Å². The second-order valence-corrected chi connectivity index (χ2v) is 3.64. The Balaban J connectivity index is 0. The number of carbonyl (C=O) groups excluding carboxylic acids is 3. The van der Waals surface area contributed by atoms with Gasteiger partial charge in [0.05, 0.1) is 0 Å². The molecule has 0 atom stereocenters. The molecule has 0 aliphatic heterocycles. The van der Waals surface area contributed by atoms with Crippen molar-refractivity contribution in [2.24, 2.45) is 0 Å². The van der Waals surface area contributed by atoms with Crippen molar-refractivity contribution in [3.05, 3.63) is 0 Å². The lowest BCUT2D eigenvalue weighted by atomic mass is 10.1.